The first-order chi connectivity index (χ1) is 10.6. The molecule has 0 aliphatic rings. The minimum Gasteiger partial charge on any atom is -0.301 e. The Bertz CT molecular complexity index is 608. The van der Waals surface area contributed by atoms with Crippen molar-refractivity contribution in [2.75, 3.05) is 5.32 Å². The summed E-state index contributed by atoms with van der Waals surface area (Å²) in [7, 11) is 0. The van der Waals surface area contributed by atoms with Gasteiger partial charge in [-0.25, -0.2) is 0 Å². The van der Waals surface area contributed by atoms with E-state index in [2.05, 4.69) is 53.6 Å². The SMILES string of the molecule is CCCC(=O)Nc1nnc(SCc2ccc(C(C)C)cc2)s1. The number of anilines is 1. The smallest absolute Gasteiger partial charge is 0.226 e. The van der Waals surface area contributed by atoms with Gasteiger partial charge in [0.2, 0.25) is 11.0 Å². The van der Waals surface area contributed by atoms with Crippen LogP contribution in [0.25, 0.3) is 0 Å². The number of nitrogens with one attached hydrogen (secondary N) is 1. The molecule has 0 saturated carbocycles. The molecule has 2 rings (SSSR count). The number of hydrogen-bond acceptors (Lipinski definition) is 5. The summed E-state index contributed by atoms with van der Waals surface area (Å²) in [5, 5.41) is 11.5. The minimum absolute atomic E-state index is 0.000487. The van der Waals surface area contributed by atoms with Gasteiger partial charge in [-0.05, 0) is 23.5 Å². The maximum atomic E-state index is 11.5. The largest absolute Gasteiger partial charge is 0.301 e. The molecule has 0 unspecified atom stereocenters. The molecule has 0 bridgehead atoms. The van der Waals surface area contributed by atoms with Crippen LogP contribution in [0.1, 0.15) is 50.7 Å². The Morgan fingerprint density at radius 2 is 2.00 bits per heavy atom. The van der Waals surface area contributed by atoms with E-state index < -0.39 is 0 Å². The Kier molecular flexibility index (Phi) is 6.39. The molecule has 0 radical (unpaired) electrons. The van der Waals surface area contributed by atoms with Crippen molar-refractivity contribution in [2.24, 2.45) is 0 Å². The summed E-state index contributed by atoms with van der Waals surface area (Å²) in [6.45, 7) is 6.37. The number of rotatable bonds is 7. The molecule has 0 saturated heterocycles. The Labute approximate surface area is 139 Å². The average molecular weight is 335 g/mol. The molecular formula is C16H21N3OS2. The highest BCUT2D eigenvalue weighted by atomic mass is 32.2. The number of carbonyl (C=O) groups excluding carboxylic acids is 1. The zero-order chi connectivity index (χ0) is 15.9. The monoisotopic (exact) mass is 335 g/mol. The quantitative estimate of drug-likeness (QED) is 0.589. The van der Waals surface area contributed by atoms with E-state index >= 15 is 0 Å². The minimum atomic E-state index is -0.000487. The first kappa shape index (κ1) is 17.0. The van der Waals surface area contributed by atoms with Crippen LogP contribution in [0.3, 0.4) is 0 Å². The van der Waals surface area contributed by atoms with E-state index in [0.29, 0.717) is 17.5 Å². The summed E-state index contributed by atoms with van der Waals surface area (Å²) in [4.78, 5) is 11.5. The number of amides is 1. The van der Waals surface area contributed by atoms with Crippen molar-refractivity contribution < 1.29 is 4.79 Å². The van der Waals surface area contributed by atoms with Crippen LogP contribution in [0.15, 0.2) is 28.6 Å². The molecule has 118 valence electrons. The standard InChI is InChI=1S/C16H21N3OS2/c1-4-5-14(20)17-15-18-19-16(22-15)21-10-12-6-8-13(9-7-12)11(2)3/h6-9,11H,4-5,10H2,1-3H3,(H,17,18,20). The summed E-state index contributed by atoms with van der Waals surface area (Å²) in [5.41, 5.74) is 2.62. The number of aromatic nitrogens is 2. The molecule has 1 aromatic heterocycles. The van der Waals surface area contributed by atoms with Crippen molar-refractivity contribution in [3.63, 3.8) is 0 Å². The number of carbonyl (C=O) groups is 1. The van der Waals surface area contributed by atoms with Gasteiger partial charge in [-0.3, -0.25) is 4.79 Å². The maximum absolute atomic E-state index is 11.5. The van der Waals surface area contributed by atoms with Crippen molar-refractivity contribution in [1.82, 2.24) is 10.2 Å². The molecule has 1 amide bonds. The van der Waals surface area contributed by atoms with Gasteiger partial charge in [0.1, 0.15) is 0 Å². The molecule has 0 fully saturated rings. The number of hydrogen-bond donors (Lipinski definition) is 1. The van der Waals surface area contributed by atoms with E-state index in [0.717, 1.165) is 16.5 Å². The maximum Gasteiger partial charge on any atom is 0.226 e. The fraction of sp³-hybridized carbons (Fsp3) is 0.438. The zero-order valence-electron chi connectivity index (χ0n) is 13.1. The lowest BCUT2D eigenvalue weighted by molar-refractivity contribution is -0.116. The number of thioether (sulfide) groups is 1. The van der Waals surface area contributed by atoms with Gasteiger partial charge in [0.15, 0.2) is 4.34 Å². The predicted molar refractivity (Wildman–Crippen MR) is 93.5 cm³/mol. The lowest BCUT2D eigenvalue weighted by Gasteiger charge is -2.05. The summed E-state index contributed by atoms with van der Waals surface area (Å²) >= 11 is 3.07. The topological polar surface area (TPSA) is 54.9 Å². The second-order valence-corrected chi connectivity index (χ2v) is 7.56. The molecule has 0 spiro atoms. The first-order valence-corrected chi connectivity index (χ1v) is 9.23. The molecular weight excluding hydrogens is 314 g/mol. The van der Waals surface area contributed by atoms with Crippen LogP contribution in [-0.2, 0) is 10.5 Å². The van der Waals surface area contributed by atoms with Gasteiger partial charge >= 0.3 is 0 Å². The second-order valence-electron chi connectivity index (χ2n) is 5.36. The van der Waals surface area contributed by atoms with Gasteiger partial charge in [0.25, 0.3) is 0 Å². The molecule has 0 aliphatic heterocycles. The van der Waals surface area contributed by atoms with Crippen LogP contribution in [0.4, 0.5) is 5.13 Å². The van der Waals surface area contributed by atoms with Gasteiger partial charge in [0.05, 0.1) is 0 Å². The molecule has 6 heteroatoms. The average Bonchev–Trinajstić information content (AvgIpc) is 2.93. The van der Waals surface area contributed by atoms with Gasteiger partial charge in [0, 0.05) is 12.2 Å². The van der Waals surface area contributed by atoms with Crippen molar-refractivity contribution in [1.29, 1.82) is 0 Å². The van der Waals surface area contributed by atoms with Crippen LogP contribution in [0.2, 0.25) is 0 Å². The Hall–Kier alpha value is -1.40. The normalized spacial score (nSPS) is 10.9. The number of nitrogens with zero attached hydrogens (tertiary/aromatic N) is 2. The molecule has 4 nitrogen and oxygen atoms in total. The van der Waals surface area contributed by atoms with Crippen molar-refractivity contribution >= 4 is 34.1 Å². The summed E-state index contributed by atoms with van der Waals surface area (Å²) in [5.74, 6) is 1.41. The fourth-order valence-electron chi connectivity index (χ4n) is 1.87. The van der Waals surface area contributed by atoms with E-state index in [1.807, 2.05) is 6.92 Å². The fourth-order valence-corrected chi connectivity index (χ4v) is 3.60. The van der Waals surface area contributed by atoms with Crippen molar-refractivity contribution in [3.05, 3.63) is 35.4 Å². The molecule has 2 aromatic rings. The van der Waals surface area contributed by atoms with Crippen LogP contribution in [0, 0.1) is 0 Å². The van der Waals surface area contributed by atoms with E-state index in [1.165, 1.54) is 22.5 Å². The van der Waals surface area contributed by atoms with Crippen LogP contribution >= 0.6 is 23.1 Å². The highest BCUT2D eigenvalue weighted by Crippen LogP contribution is 2.28. The lowest BCUT2D eigenvalue weighted by atomic mass is 10.0. The first-order valence-electron chi connectivity index (χ1n) is 7.43. The van der Waals surface area contributed by atoms with E-state index in [1.54, 1.807) is 11.8 Å². The summed E-state index contributed by atoms with van der Waals surface area (Å²) < 4.78 is 0.875. The predicted octanol–water partition coefficient (Wildman–Crippen LogP) is 4.69. The Morgan fingerprint density at radius 3 is 2.64 bits per heavy atom. The van der Waals surface area contributed by atoms with Crippen LogP contribution < -0.4 is 5.32 Å². The van der Waals surface area contributed by atoms with Gasteiger partial charge in [-0.15, -0.1) is 10.2 Å². The highest BCUT2D eigenvalue weighted by molar-refractivity contribution is 8.00. The second kappa shape index (κ2) is 8.29. The third-order valence-electron chi connectivity index (χ3n) is 3.14. The van der Waals surface area contributed by atoms with Crippen LogP contribution in [0.5, 0.6) is 0 Å². The summed E-state index contributed by atoms with van der Waals surface area (Å²) in [6, 6.07) is 8.68. The van der Waals surface area contributed by atoms with Gasteiger partial charge in [-0.2, -0.15) is 0 Å². The van der Waals surface area contributed by atoms with E-state index in [4.69, 9.17) is 0 Å². The highest BCUT2D eigenvalue weighted by Gasteiger charge is 2.08. The van der Waals surface area contributed by atoms with Crippen molar-refractivity contribution in [2.45, 2.75) is 49.6 Å². The van der Waals surface area contributed by atoms with Gasteiger partial charge < -0.3 is 5.32 Å². The molecule has 1 N–H and O–H groups in total. The van der Waals surface area contributed by atoms with E-state index in [-0.39, 0.29) is 5.91 Å². The zero-order valence-corrected chi connectivity index (χ0v) is 14.8. The summed E-state index contributed by atoms with van der Waals surface area (Å²) in [6.07, 6.45) is 1.35. The van der Waals surface area contributed by atoms with Gasteiger partial charge in [-0.1, -0.05) is 68.1 Å². The number of benzene rings is 1. The van der Waals surface area contributed by atoms with Crippen molar-refractivity contribution in [3.8, 4) is 0 Å². The molecule has 22 heavy (non-hydrogen) atoms. The molecule has 1 heterocycles. The lowest BCUT2D eigenvalue weighted by Crippen LogP contribution is -2.10. The third-order valence-corrected chi connectivity index (χ3v) is 5.18. The molecule has 0 aliphatic carbocycles. The van der Waals surface area contributed by atoms with E-state index in [9.17, 15) is 4.79 Å². The third kappa shape index (κ3) is 5.10. The Morgan fingerprint density at radius 1 is 1.27 bits per heavy atom. The van der Waals surface area contributed by atoms with Crippen LogP contribution in [-0.4, -0.2) is 16.1 Å². The molecule has 1 aromatic carbocycles. The Balaban J connectivity index is 1.86. The molecule has 0 atom stereocenters.